The first-order chi connectivity index (χ1) is 8.97. The molecule has 19 heavy (non-hydrogen) atoms. The Bertz CT molecular complexity index is 537. The number of nitrogens with one attached hydrogen (secondary N) is 1. The molecule has 0 saturated carbocycles. The molecule has 2 rings (SSSR count). The molecule has 8 heteroatoms. The van der Waals surface area contributed by atoms with Crippen molar-refractivity contribution < 1.29 is 9.59 Å². The maximum atomic E-state index is 12.0. The van der Waals surface area contributed by atoms with Crippen LogP contribution in [0.1, 0.15) is 37.6 Å². The smallest absolute Gasteiger partial charge is 0.273 e. The number of carbonyl (C=O) groups is 2. The zero-order chi connectivity index (χ0) is 14.0. The summed E-state index contributed by atoms with van der Waals surface area (Å²) in [4.78, 5) is 23.2. The predicted octanol–water partition coefficient (Wildman–Crippen LogP) is 1.21. The highest BCUT2D eigenvalue weighted by molar-refractivity contribution is 7.15. The summed E-state index contributed by atoms with van der Waals surface area (Å²) in [6.07, 6.45) is 0.654. The topological polar surface area (TPSA) is 87.6 Å². The van der Waals surface area contributed by atoms with Crippen LogP contribution < -0.4 is 5.32 Å². The largest absolute Gasteiger partial charge is 0.295 e. The third-order valence-corrected chi connectivity index (χ3v) is 3.76. The minimum atomic E-state index is -0.328. The Morgan fingerprint density at radius 3 is 2.68 bits per heavy atom. The molecule has 1 aliphatic rings. The first kappa shape index (κ1) is 13.6. The molecule has 1 aliphatic heterocycles. The Kier molecular flexibility index (Phi) is 3.89. The molecule has 0 radical (unpaired) electrons. The maximum absolute atomic E-state index is 12.0. The van der Waals surface area contributed by atoms with E-state index >= 15 is 0 Å². The Morgan fingerprint density at radius 1 is 1.37 bits per heavy atom. The summed E-state index contributed by atoms with van der Waals surface area (Å²) in [7, 11) is 1.54. The predicted molar refractivity (Wildman–Crippen MR) is 72.1 cm³/mol. The van der Waals surface area contributed by atoms with Crippen LogP contribution in [0.4, 0.5) is 5.13 Å². The Labute approximate surface area is 114 Å². The number of amides is 2. The van der Waals surface area contributed by atoms with Crippen molar-refractivity contribution in [2.75, 3.05) is 12.4 Å². The van der Waals surface area contributed by atoms with Gasteiger partial charge in [-0.2, -0.15) is 5.10 Å². The van der Waals surface area contributed by atoms with Crippen LogP contribution >= 0.6 is 11.3 Å². The lowest BCUT2D eigenvalue weighted by Gasteiger charge is -2.18. The average molecular weight is 281 g/mol. The van der Waals surface area contributed by atoms with Crippen molar-refractivity contribution in [2.24, 2.45) is 5.10 Å². The Balaban J connectivity index is 2.04. The lowest BCUT2D eigenvalue weighted by atomic mass is 10.1. The van der Waals surface area contributed by atoms with Gasteiger partial charge in [-0.3, -0.25) is 14.9 Å². The molecule has 7 nitrogen and oxygen atoms in total. The third kappa shape index (κ3) is 3.14. The second kappa shape index (κ2) is 5.43. The number of hydrogen-bond donors (Lipinski definition) is 1. The van der Waals surface area contributed by atoms with Gasteiger partial charge in [-0.1, -0.05) is 25.2 Å². The van der Waals surface area contributed by atoms with E-state index in [1.807, 2.05) is 13.8 Å². The van der Waals surface area contributed by atoms with Gasteiger partial charge in [0.05, 0.1) is 0 Å². The van der Waals surface area contributed by atoms with E-state index in [2.05, 4.69) is 20.6 Å². The molecule has 1 aromatic rings. The monoisotopic (exact) mass is 281 g/mol. The molecule has 2 heterocycles. The molecule has 0 fully saturated rings. The van der Waals surface area contributed by atoms with Gasteiger partial charge in [-0.05, 0) is 0 Å². The van der Waals surface area contributed by atoms with E-state index in [1.54, 1.807) is 0 Å². The molecule has 0 atom stereocenters. The summed E-state index contributed by atoms with van der Waals surface area (Å²) in [5.74, 6) is -0.140. The van der Waals surface area contributed by atoms with Crippen molar-refractivity contribution in [3.8, 4) is 0 Å². The fourth-order valence-corrected chi connectivity index (χ4v) is 2.26. The zero-order valence-electron chi connectivity index (χ0n) is 11.0. The van der Waals surface area contributed by atoms with Crippen molar-refractivity contribution in [1.29, 1.82) is 0 Å². The average Bonchev–Trinajstić information content (AvgIpc) is 2.81. The normalized spacial score (nSPS) is 15.7. The number of hydrogen-bond acceptors (Lipinski definition) is 6. The molecule has 0 aliphatic carbocycles. The first-order valence-corrected chi connectivity index (χ1v) is 6.78. The number of nitrogens with zero attached hydrogens (tertiary/aromatic N) is 4. The molecule has 0 saturated heterocycles. The molecule has 0 unspecified atom stereocenters. The van der Waals surface area contributed by atoms with Crippen LogP contribution in [0.25, 0.3) is 0 Å². The van der Waals surface area contributed by atoms with Crippen molar-refractivity contribution in [1.82, 2.24) is 15.2 Å². The summed E-state index contributed by atoms with van der Waals surface area (Å²) in [6.45, 7) is 4.02. The summed E-state index contributed by atoms with van der Waals surface area (Å²) >= 11 is 1.34. The van der Waals surface area contributed by atoms with Crippen LogP contribution in [-0.4, -0.2) is 39.8 Å². The SMILES string of the molecule is CC(C)c1nnc(NC(=O)C2=NN(C)C(=O)CC2)s1. The van der Waals surface area contributed by atoms with E-state index < -0.39 is 0 Å². The van der Waals surface area contributed by atoms with Crippen LogP contribution in [-0.2, 0) is 9.59 Å². The number of anilines is 1. The second-order valence-corrected chi connectivity index (χ2v) is 5.53. The van der Waals surface area contributed by atoms with Gasteiger partial charge in [0.25, 0.3) is 5.91 Å². The zero-order valence-corrected chi connectivity index (χ0v) is 11.8. The lowest BCUT2D eigenvalue weighted by Crippen LogP contribution is -2.34. The van der Waals surface area contributed by atoms with Crippen molar-refractivity contribution in [3.05, 3.63) is 5.01 Å². The van der Waals surface area contributed by atoms with Crippen molar-refractivity contribution in [3.63, 3.8) is 0 Å². The van der Waals surface area contributed by atoms with Gasteiger partial charge in [-0.15, -0.1) is 10.2 Å². The molecule has 0 bridgehead atoms. The van der Waals surface area contributed by atoms with Crippen LogP contribution in [0, 0.1) is 0 Å². The highest BCUT2D eigenvalue weighted by Crippen LogP contribution is 2.22. The van der Waals surface area contributed by atoms with Gasteiger partial charge >= 0.3 is 0 Å². The number of hydrazone groups is 1. The quantitative estimate of drug-likeness (QED) is 0.902. The highest BCUT2D eigenvalue weighted by Gasteiger charge is 2.22. The summed E-state index contributed by atoms with van der Waals surface area (Å²) in [6, 6.07) is 0. The van der Waals surface area contributed by atoms with Crippen LogP contribution in [0.3, 0.4) is 0 Å². The van der Waals surface area contributed by atoms with E-state index in [-0.39, 0.29) is 17.7 Å². The van der Waals surface area contributed by atoms with E-state index in [0.717, 1.165) is 5.01 Å². The van der Waals surface area contributed by atoms with Crippen molar-refractivity contribution in [2.45, 2.75) is 32.6 Å². The number of aromatic nitrogens is 2. The molecule has 2 amide bonds. The van der Waals surface area contributed by atoms with E-state index in [4.69, 9.17) is 0 Å². The third-order valence-electron chi connectivity index (χ3n) is 2.62. The van der Waals surface area contributed by atoms with Crippen molar-refractivity contribution >= 4 is 34.0 Å². The summed E-state index contributed by atoms with van der Waals surface area (Å²) in [5.41, 5.74) is 0.336. The van der Waals surface area contributed by atoms with Gasteiger partial charge < -0.3 is 0 Å². The first-order valence-electron chi connectivity index (χ1n) is 5.96. The van der Waals surface area contributed by atoms with Gasteiger partial charge in [0, 0.05) is 25.8 Å². The Morgan fingerprint density at radius 2 is 2.11 bits per heavy atom. The number of carbonyl (C=O) groups excluding carboxylic acids is 2. The molecule has 1 N–H and O–H groups in total. The van der Waals surface area contributed by atoms with Crippen LogP contribution in [0.5, 0.6) is 0 Å². The summed E-state index contributed by atoms with van der Waals surface area (Å²) in [5, 5.41) is 17.0. The van der Waals surface area contributed by atoms with Gasteiger partial charge in [-0.25, -0.2) is 5.01 Å². The second-order valence-electron chi connectivity index (χ2n) is 4.52. The fraction of sp³-hybridized carbons (Fsp3) is 0.545. The maximum Gasteiger partial charge on any atom is 0.273 e. The van der Waals surface area contributed by atoms with Crippen LogP contribution in [0.15, 0.2) is 5.10 Å². The summed E-state index contributed by atoms with van der Waals surface area (Å²) < 4.78 is 0. The van der Waals surface area contributed by atoms with E-state index in [9.17, 15) is 9.59 Å². The molecular weight excluding hydrogens is 266 g/mol. The van der Waals surface area contributed by atoms with Crippen LogP contribution in [0.2, 0.25) is 0 Å². The minimum Gasteiger partial charge on any atom is -0.295 e. The lowest BCUT2D eigenvalue weighted by molar-refractivity contribution is -0.130. The van der Waals surface area contributed by atoms with Gasteiger partial charge in [0.1, 0.15) is 10.7 Å². The molecule has 0 spiro atoms. The molecule has 0 aromatic carbocycles. The van der Waals surface area contributed by atoms with E-state index in [0.29, 0.717) is 23.7 Å². The minimum absolute atomic E-state index is 0.0884. The van der Waals surface area contributed by atoms with E-state index in [1.165, 1.54) is 23.4 Å². The fourth-order valence-electron chi connectivity index (χ4n) is 1.52. The number of rotatable bonds is 3. The molecule has 1 aromatic heterocycles. The highest BCUT2D eigenvalue weighted by atomic mass is 32.1. The van der Waals surface area contributed by atoms with Gasteiger partial charge in [0.15, 0.2) is 0 Å². The van der Waals surface area contributed by atoms with Gasteiger partial charge in [0.2, 0.25) is 11.0 Å². The molecule has 102 valence electrons. The molecular formula is C11H15N5O2S. The Hall–Kier alpha value is -1.83. The standard InChI is InChI=1S/C11H15N5O2S/c1-6(2)10-13-14-11(19-10)12-9(18)7-4-5-8(17)16(3)15-7/h6H,4-5H2,1-3H3,(H,12,14,18).